The van der Waals surface area contributed by atoms with Gasteiger partial charge in [0.2, 0.25) is 10.9 Å². The maximum absolute atomic E-state index is 13.5. The van der Waals surface area contributed by atoms with Gasteiger partial charge in [0.15, 0.2) is 5.43 Å². The van der Waals surface area contributed by atoms with Gasteiger partial charge in [-0.2, -0.15) is 0 Å². The normalized spacial score (nSPS) is 15.9. The third-order valence-electron chi connectivity index (χ3n) is 4.93. The van der Waals surface area contributed by atoms with Crippen LogP contribution in [0.2, 0.25) is 0 Å². The molecule has 4 aromatic rings. The predicted molar refractivity (Wildman–Crippen MR) is 115 cm³/mol. The molecular formula is C21H14BrN3O3S. The molecule has 0 radical (unpaired) electrons. The van der Waals surface area contributed by atoms with Crippen LogP contribution in [-0.2, 0) is 0 Å². The van der Waals surface area contributed by atoms with E-state index in [2.05, 4.69) is 26.1 Å². The van der Waals surface area contributed by atoms with Crippen LogP contribution in [0.15, 0.2) is 56.1 Å². The first-order valence-electron chi connectivity index (χ1n) is 8.90. The monoisotopic (exact) mass is 467 g/mol. The molecule has 0 saturated carbocycles. The molecule has 0 aliphatic carbocycles. The van der Waals surface area contributed by atoms with Crippen molar-refractivity contribution in [3.8, 4) is 0 Å². The van der Waals surface area contributed by atoms with Gasteiger partial charge >= 0.3 is 0 Å². The van der Waals surface area contributed by atoms with Crippen molar-refractivity contribution >= 4 is 49.3 Å². The Bertz CT molecular complexity index is 1340. The summed E-state index contributed by atoms with van der Waals surface area (Å²) in [5.74, 6) is -0.323. The third-order valence-corrected chi connectivity index (χ3v) is 6.30. The fraction of sp³-hybridized carbons (Fsp3) is 0.143. The Hall–Kier alpha value is -2.84. The molecule has 2 aromatic carbocycles. The van der Waals surface area contributed by atoms with E-state index < -0.39 is 6.04 Å². The Morgan fingerprint density at radius 1 is 1.07 bits per heavy atom. The topological polar surface area (TPSA) is 76.3 Å². The minimum absolute atomic E-state index is 0.0622. The SMILES string of the molecule is Cc1ccc2oc3c(c(=O)c2c1)[C@@H](c1ccc(Br)cc1)N(c1nnc(C)s1)C3=O. The van der Waals surface area contributed by atoms with Gasteiger partial charge in [0.05, 0.1) is 17.0 Å². The molecule has 0 fully saturated rings. The molecule has 1 aliphatic heterocycles. The number of amides is 1. The van der Waals surface area contributed by atoms with Gasteiger partial charge in [-0.05, 0) is 43.7 Å². The average molecular weight is 468 g/mol. The van der Waals surface area contributed by atoms with Gasteiger partial charge in [-0.25, -0.2) is 0 Å². The highest BCUT2D eigenvalue weighted by atomic mass is 79.9. The lowest BCUT2D eigenvalue weighted by Gasteiger charge is -2.22. The van der Waals surface area contributed by atoms with Gasteiger partial charge in [0.25, 0.3) is 5.91 Å². The molecule has 2 aromatic heterocycles. The minimum atomic E-state index is -0.626. The second kappa shape index (κ2) is 6.60. The third kappa shape index (κ3) is 2.82. The van der Waals surface area contributed by atoms with Crippen LogP contribution < -0.4 is 10.3 Å². The van der Waals surface area contributed by atoms with Crippen molar-refractivity contribution in [2.75, 3.05) is 4.90 Å². The Morgan fingerprint density at radius 3 is 2.52 bits per heavy atom. The molecule has 0 saturated heterocycles. The molecule has 0 spiro atoms. The van der Waals surface area contributed by atoms with Gasteiger partial charge in [-0.3, -0.25) is 14.5 Å². The predicted octanol–water partition coefficient (Wildman–Crippen LogP) is 4.77. The number of anilines is 1. The van der Waals surface area contributed by atoms with Crippen LogP contribution in [0, 0.1) is 13.8 Å². The number of nitrogens with zero attached hydrogens (tertiary/aromatic N) is 3. The Balaban J connectivity index is 1.83. The van der Waals surface area contributed by atoms with Crippen LogP contribution in [0.4, 0.5) is 5.13 Å². The lowest BCUT2D eigenvalue weighted by molar-refractivity contribution is 0.0970. The lowest BCUT2D eigenvalue weighted by Crippen LogP contribution is -2.29. The van der Waals surface area contributed by atoms with Gasteiger partial charge < -0.3 is 4.42 Å². The zero-order chi connectivity index (χ0) is 20.3. The number of fused-ring (bicyclic) bond motifs is 2. The second-order valence-electron chi connectivity index (χ2n) is 6.91. The molecule has 6 nitrogen and oxygen atoms in total. The molecule has 29 heavy (non-hydrogen) atoms. The van der Waals surface area contributed by atoms with Crippen molar-refractivity contribution in [1.29, 1.82) is 0 Å². The van der Waals surface area contributed by atoms with Crippen molar-refractivity contribution in [2.24, 2.45) is 0 Å². The fourth-order valence-electron chi connectivity index (χ4n) is 3.63. The van der Waals surface area contributed by atoms with Crippen molar-refractivity contribution in [3.05, 3.63) is 84.6 Å². The van der Waals surface area contributed by atoms with E-state index in [0.29, 0.717) is 21.7 Å². The summed E-state index contributed by atoms with van der Waals surface area (Å²) in [5.41, 5.74) is 2.29. The number of carbonyl (C=O) groups is 1. The number of benzene rings is 2. The molecule has 0 unspecified atom stereocenters. The van der Waals surface area contributed by atoms with Gasteiger partial charge in [-0.15, -0.1) is 10.2 Å². The lowest BCUT2D eigenvalue weighted by atomic mass is 9.98. The number of aromatic nitrogens is 2. The van der Waals surface area contributed by atoms with Gasteiger partial charge in [0, 0.05) is 4.47 Å². The molecule has 1 atom stereocenters. The smallest absolute Gasteiger partial charge is 0.297 e. The highest BCUT2D eigenvalue weighted by Gasteiger charge is 2.45. The highest BCUT2D eigenvalue weighted by Crippen LogP contribution is 2.42. The van der Waals surface area contributed by atoms with Crippen LogP contribution in [0.3, 0.4) is 0 Å². The van der Waals surface area contributed by atoms with E-state index in [1.807, 2.05) is 44.2 Å². The first-order valence-corrected chi connectivity index (χ1v) is 10.5. The largest absolute Gasteiger partial charge is 0.450 e. The zero-order valence-corrected chi connectivity index (χ0v) is 17.9. The van der Waals surface area contributed by atoms with Crippen molar-refractivity contribution in [3.63, 3.8) is 0 Å². The Labute approximate surface area is 177 Å². The van der Waals surface area contributed by atoms with Crippen molar-refractivity contribution in [1.82, 2.24) is 10.2 Å². The van der Waals surface area contributed by atoms with E-state index in [0.717, 1.165) is 20.6 Å². The van der Waals surface area contributed by atoms with Crippen molar-refractivity contribution < 1.29 is 9.21 Å². The van der Waals surface area contributed by atoms with Gasteiger partial charge in [-0.1, -0.05) is 51.0 Å². The summed E-state index contributed by atoms with van der Waals surface area (Å²) in [6.45, 7) is 3.74. The summed E-state index contributed by atoms with van der Waals surface area (Å²) in [5, 5.41) is 9.84. The van der Waals surface area contributed by atoms with Crippen LogP contribution in [-0.4, -0.2) is 16.1 Å². The second-order valence-corrected chi connectivity index (χ2v) is 8.98. The minimum Gasteiger partial charge on any atom is -0.450 e. The number of halogens is 1. The summed E-state index contributed by atoms with van der Waals surface area (Å²) >= 11 is 4.74. The maximum Gasteiger partial charge on any atom is 0.297 e. The summed E-state index contributed by atoms with van der Waals surface area (Å²) in [4.78, 5) is 28.3. The Kier molecular flexibility index (Phi) is 4.15. The van der Waals surface area contributed by atoms with E-state index in [1.165, 1.54) is 16.2 Å². The quantitative estimate of drug-likeness (QED) is 0.424. The standard InChI is InChI=1S/C21H14BrN3O3S/c1-10-3-8-15-14(9-10)18(26)16-17(12-4-6-13(22)7-5-12)25(20(27)19(16)28-15)21-24-23-11(2)29-21/h3-9,17H,1-2H3/t17-/m1/s1. The van der Waals surface area contributed by atoms with Crippen LogP contribution in [0.1, 0.15) is 38.3 Å². The fourth-order valence-corrected chi connectivity index (χ4v) is 4.61. The molecule has 0 bridgehead atoms. The summed E-state index contributed by atoms with van der Waals surface area (Å²) in [6, 6.07) is 12.3. The number of hydrogen-bond acceptors (Lipinski definition) is 6. The number of aryl methyl sites for hydroxylation is 2. The molecule has 1 aliphatic rings. The van der Waals surface area contributed by atoms with E-state index in [9.17, 15) is 9.59 Å². The number of carbonyl (C=O) groups excluding carboxylic acids is 1. The van der Waals surface area contributed by atoms with E-state index in [4.69, 9.17) is 4.42 Å². The molecule has 144 valence electrons. The van der Waals surface area contributed by atoms with Crippen LogP contribution in [0.25, 0.3) is 11.0 Å². The molecule has 1 amide bonds. The first-order chi connectivity index (χ1) is 13.9. The maximum atomic E-state index is 13.5. The highest BCUT2D eigenvalue weighted by molar-refractivity contribution is 9.10. The number of hydrogen-bond donors (Lipinski definition) is 0. The van der Waals surface area contributed by atoms with E-state index in [-0.39, 0.29) is 17.1 Å². The average Bonchev–Trinajstić information content (AvgIpc) is 3.25. The molecule has 5 rings (SSSR count). The molecule has 0 N–H and O–H groups in total. The Morgan fingerprint density at radius 2 is 1.83 bits per heavy atom. The van der Waals surface area contributed by atoms with Gasteiger partial charge in [0.1, 0.15) is 10.6 Å². The zero-order valence-electron chi connectivity index (χ0n) is 15.5. The molecule has 3 heterocycles. The molecular weight excluding hydrogens is 454 g/mol. The van der Waals surface area contributed by atoms with E-state index >= 15 is 0 Å². The number of rotatable bonds is 2. The van der Waals surface area contributed by atoms with Crippen LogP contribution in [0.5, 0.6) is 0 Å². The summed E-state index contributed by atoms with van der Waals surface area (Å²) in [7, 11) is 0. The summed E-state index contributed by atoms with van der Waals surface area (Å²) < 4.78 is 6.85. The van der Waals surface area contributed by atoms with Crippen LogP contribution >= 0.6 is 27.3 Å². The van der Waals surface area contributed by atoms with Crippen molar-refractivity contribution in [2.45, 2.75) is 19.9 Å². The first kappa shape index (κ1) is 18.2. The molecule has 8 heteroatoms. The van der Waals surface area contributed by atoms with E-state index in [1.54, 1.807) is 12.1 Å². The summed E-state index contributed by atoms with van der Waals surface area (Å²) in [6.07, 6.45) is 0.